The van der Waals surface area contributed by atoms with E-state index >= 15 is 0 Å². The zero-order chi connectivity index (χ0) is 29.1. The van der Waals surface area contributed by atoms with Crippen molar-refractivity contribution in [3.8, 4) is 39.4 Å². The maximum Gasteiger partial charge on any atom is 0.224 e. The van der Waals surface area contributed by atoms with Crippen LogP contribution in [0.2, 0.25) is 0 Å². The van der Waals surface area contributed by atoms with Gasteiger partial charge in [0.25, 0.3) is 0 Å². The first-order valence-electron chi connectivity index (χ1n) is 14.1. The van der Waals surface area contributed by atoms with Gasteiger partial charge in [-0.2, -0.15) is 0 Å². The van der Waals surface area contributed by atoms with Gasteiger partial charge in [-0.25, -0.2) is 9.37 Å². The Morgan fingerprint density at radius 2 is 1.90 bits per heavy atom. The molecule has 0 saturated carbocycles. The molecule has 2 aromatic heterocycles. The van der Waals surface area contributed by atoms with E-state index in [0.717, 1.165) is 63.2 Å². The normalized spacial score (nSPS) is 12.7. The van der Waals surface area contributed by atoms with E-state index in [9.17, 15) is 9.18 Å². The van der Waals surface area contributed by atoms with E-state index in [1.807, 2.05) is 31.2 Å². The molecular formula is C34H32FN3O3S. The summed E-state index contributed by atoms with van der Waals surface area (Å²) in [7, 11) is 1.60. The summed E-state index contributed by atoms with van der Waals surface area (Å²) in [5.41, 5.74) is 8.45. The van der Waals surface area contributed by atoms with Crippen molar-refractivity contribution in [2.24, 2.45) is 0 Å². The zero-order valence-electron chi connectivity index (χ0n) is 23.6. The molecule has 8 heteroatoms. The molecule has 2 N–H and O–H groups in total. The number of pyridine rings is 1. The molecule has 5 aromatic rings. The van der Waals surface area contributed by atoms with Gasteiger partial charge in [-0.15, -0.1) is 11.3 Å². The predicted octanol–water partition coefficient (Wildman–Crippen LogP) is 7.46. The highest BCUT2D eigenvalue weighted by Crippen LogP contribution is 2.46. The van der Waals surface area contributed by atoms with Crippen LogP contribution in [0.4, 0.5) is 10.1 Å². The Morgan fingerprint density at radius 1 is 1.02 bits per heavy atom. The fourth-order valence-corrected chi connectivity index (χ4v) is 6.34. The Labute approximate surface area is 248 Å². The Morgan fingerprint density at radius 3 is 2.76 bits per heavy atom. The second-order valence-corrected chi connectivity index (χ2v) is 11.1. The fraction of sp³-hybridized carbons (Fsp3) is 0.235. The minimum absolute atomic E-state index is 0.0642. The van der Waals surface area contributed by atoms with E-state index in [1.165, 1.54) is 23.3 Å². The number of nitrogens with zero attached hydrogens (tertiary/aromatic N) is 1. The van der Waals surface area contributed by atoms with Gasteiger partial charge >= 0.3 is 0 Å². The maximum atomic E-state index is 14.5. The third-order valence-electron chi connectivity index (χ3n) is 7.47. The average molecular weight is 582 g/mol. The monoisotopic (exact) mass is 581 g/mol. The quantitative estimate of drug-likeness (QED) is 0.177. The van der Waals surface area contributed by atoms with E-state index in [0.29, 0.717) is 24.5 Å². The van der Waals surface area contributed by atoms with Gasteiger partial charge in [-0.05, 0) is 65.9 Å². The number of aromatic nitrogens is 1. The van der Waals surface area contributed by atoms with E-state index < -0.39 is 0 Å². The molecule has 1 amide bonds. The van der Waals surface area contributed by atoms with Crippen molar-refractivity contribution in [2.75, 3.05) is 32.2 Å². The van der Waals surface area contributed by atoms with Gasteiger partial charge in [0.2, 0.25) is 5.91 Å². The summed E-state index contributed by atoms with van der Waals surface area (Å²) >= 11 is 1.62. The minimum Gasteiger partial charge on any atom is -0.490 e. The third-order valence-corrected chi connectivity index (χ3v) is 8.40. The number of carbonyl (C=O) groups is 1. The second-order valence-electron chi connectivity index (χ2n) is 10.2. The van der Waals surface area contributed by atoms with Crippen molar-refractivity contribution in [2.45, 2.75) is 26.3 Å². The summed E-state index contributed by atoms with van der Waals surface area (Å²) in [6, 6.07) is 21.0. The van der Waals surface area contributed by atoms with Crippen molar-refractivity contribution >= 4 is 33.0 Å². The molecule has 0 aliphatic carbocycles. The molecule has 214 valence electrons. The molecule has 0 spiro atoms. The summed E-state index contributed by atoms with van der Waals surface area (Å²) in [4.78, 5) is 17.6. The van der Waals surface area contributed by atoms with Crippen molar-refractivity contribution in [3.05, 3.63) is 89.1 Å². The molecule has 0 radical (unpaired) electrons. The minimum atomic E-state index is -0.382. The van der Waals surface area contributed by atoms with Crippen LogP contribution in [0.1, 0.15) is 24.5 Å². The maximum absolute atomic E-state index is 14.5. The van der Waals surface area contributed by atoms with Crippen molar-refractivity contribution in [1.29, 1.82) is 0 Å². The largest absolute Gasteiger partial charge is 0.490 e. The first kappa shape index (κ1) is 28.0. The molecule has 1 aliphatic rings. The van der Waals surface area contributed by atoms with E-state index in [2.05, 4.69) is 40.3 Å². The highest BCUT2D eigenvalue weighted by Gasteiger charge is 2.23. The molecule has 0 atom stereocenters. The molecule has 6 rings (SSSR count). The number of amides is 1. The molecule has 0 fully saturated rings. The summed E-state index contributed by atoms with van der Waals surface area (Å²) in [5.74, 6) is -0.0209. The van der Waals surface area contributed by atoms with E-state index in [4.69, 9.17) is 14.5 Å². The first-order chi connectivity index (χ1) is 20.6. The lowest BCUT2D eigenvalue weighted by molar-refractivity contribution is -0.115. The number of hydrogen-bond donors (Lipinski definition) is 2. The number of halogens is 1. The van der Waals surface area contributed by atoms with Crippen LogP contribution in [-0.2, 0) is 22.5 Å². The number of nitrogens with one attached hydrogen (secondary N) is 2. The standard InChI is InChI=1S/C34H32FN3O3S/c1-3-30(39)37-26-6-4-5-22(18-26)33-31(27-10-9-25(35)19-29(27)41-15-14-40-2)34-28(12-16-42-34)32(38-33)23-7-8-24-20-36-13-11-21(24)17-23/h4-10,12,16-19,36H,3,11,13-15,20H2,1-2H3,(H,37,39). The third kappa shape index (κ3) is 5.66. The van der Waals surface area contributed by atoms with Crippen LogP contribution < -0.4 is 15.4 Å². The Hall–Kier alpha value is -4.11. The molecular weight excluding hydrogens is 549 g/mol. The number of thiophene rings is 1. The number of methoxy groups -OCH3 is 1. The van der Waals surface area contributed by atoms with Crippen LogP contribution in [0.15, 0.2) is 72.1 Å². The summed E-state index contributed by atoms with van der Waals surface area (Å²) in [6.07, 6.45) is 1.35. The topological polar surface area (TPSA) is 72.5 Å². The number of carbonyl (C=O) groups excluding carboxylic acids is 1. The lowest BCUT2D eigenvalue weighted by Crippen LogP contribution is -2.23. The number of ether oxygens (including phenoxy) is 2. The second kappa shape index (κ2) is 12.4. The van der Waals surface area contributed by atoms with E-state index in [-0.39, 0.29) is 18.3 Å². The van der Waals surface area contributed by atoms with Crippen LogP contribution in [0.5, 0.6) is 5.75 Å². The molecule has 3 aromatic carbocycles. The van der Waals surface area contributed by atoms with Crippen molar-refractivity contribution in [1.82, 2.24) is 10.3 Å². The predicted molar refractivity (Wildman–Crippen MR) is 168 cm³/mol. The number of anilines is 1. The summed E-state index contributed by atoms with van der Waals surface area (Å²) in [5, 5.41) is 9.50. The first-order valence-corrected chi connectivity index (χ1v) is 15.0. The van der Waals surface area contributed by atoms with Gasteiger partial charge in [-0.3, -0.25) is 4.79 Å². The van der Waals surface area contributed by atoms with Gasteiger partial charge < -0.3 is 20.1 Å². The van der Waals surface area contributed by atoms with Gasteiger partial charge in [0.05, 0.1) is 18.0 Å². The summed E-state index contributed by atoms with van der Waals surface area (Å²) in [6.45, 7) is 4.30. The fourth-order valence-electron chi connectivity index (χ4n) is 5.38. The molecule has 3 heterocycles. The Balaban J connectivity index is 1.60. The van der Waals surface area contributed by atoms with Gasteiger partial charge in [0, 0.05) is 64.2 Å². The average Bonchev–Trinajstić information content (AvgIpc) is 3.51. The lowest BCUT2D eigenvalue weighted by atomic mass is 9.93. The van der Waals surface area contributed by atoms with Crippen LogP contribution in [0, 0.1) is 5.82 Å². The molecule has 0 unspecified atom stereocenters. The number of fused-ring (bicyclic) bond motifs is 2. The molecule has 1 aliphatic heterocycles. The van der Waals surface area contributed by atoms with Crippen LogP contribution in [0.25, 0.3) is 43.7 Å². The molecule has 0 bridgehead atoms. The van der Waals surface area contributed by atoms with Crippen molar-refractivity contribution in [3.63, 3.8) is 0 Å². The van der Waals surface area contributed by atoms with Crippen LogP contribution in [-0.4, -0.2) is 37.8 Å². The Kier molecular flexibility index (Phi) is 8.28. The Bertz CT molecular complexity index is 1770. The molecule has 42 heavy (non-hydrogen) atoms. The lowest BCUT2D eigenvalue weighted by Gasteiger charge is -2.20. The van der Waals surface area contributed by atoms with Crippen LogP contribution in [0.3, 0.4) is 0 Å². The molecule has 0 saturated heterocycles. The number of rotatable bonds is 9. The highest BCUT2D eigenvalue weighted by atomic mass is 32.1. The SMILES string of the molecule is CCC(=O)Nc1cccc(-c2nc(-c3ccc4c(c3)CCNC4)c3ccsc3c2-c2ccc(F)cc2OCCOC)c1. The summed E-state index contributed by atoms with van der Waals surface area (Å²) < 4.78 is 26.8. The zero-order valence-corrected chi connectivity index (χ0v) is 24.4. The highest BCUT2D eigenvalue weighted by molar-refractivity contribution is 7.18. The van der Waals surface area contributed by atoms with Gasteiger partial charge in [0.1, 0.15) is 18.2 Å². The van der Waals surface area contributed by atoms with Crippen molar-refractivity contribution < 1.29 is 18.7 Å². The van der Waals surface area contributed by atoms with Gasteiger partial charge in [0.15, 0.2) is 0 Å². The molecule has 6 nitrogen and oxygen atoms in total. The number of benzene rings is 3. The van der Waals surface area contributed by atoms with Crippen LogP contribution >= 0.6 is 11.3 Å². The number of hydrogen-bond acceptors (Lipinski definition) is 6. The van der Waals surface area contributed by atoms with Gasteiger partial charge in [-0.1, -0.05) is 31.2 Å². The smallest absolute Gasteiger partial charge is 0.224 e. The van der Waals surface area contributed by atoms with E-state index in [1.54, 1.807) is 24.5 Å².